The van der Waals surface area contributed by atoms with Crippen molar-refractivity contribution in [1.29, 1.82) is 0 Å². The van der Waals surface area contributed by atoms with Gasteiger partial charge in [-0.2, -0.15) is 0 Å². The van der Waals surface area contributed by atoms with Crippen LogP contribution in [0.4, 0.5) is 5.69 Å². The van der Waals surface area contributed by atoms with Crippen molar-refractivity contribution in [3.8, 4) is 11.4 Å². The third-order valence-electron chi connectivity index (χ3n) is 5.25. The summed E-state index contributed by atoms with van der Waals surface area (Å²) in [5.41, 5.74) is 4.60. The minimum Gasteiger partial charge on any atom is -0.341 e. The molecular weight excluding hydrogens is 444 g/mol. The number of rotatable bonds is 7. The number of imidazole rings is 1. The number of hydrogen-bond acceptors (Lipinski definition) is 5. The molecule has 0 bridgehead atoms. The zero-order valence-corrected chi connectivity index (χ0v) is 19.3. The molecular formula is C26H22N6OS. The second kappa shape index (κ2) is 9.76. The van der Waals surface area contributed by atoms with Crippen LogP contribution in [0.5, 0.6) is 0 Å². The van der Waals surface area contributed by atoms with Gasteiger partial charge < -0.3 is 14.9 Å². The van der Waals surface area contributed by atoms with Crippen molar-refractivity contribution in [2.45, 2.75) is 10.9 Å². The molecule has 0 aliphatic rings. The zero-order valence-electron chi connectivity index (χ0n) is 18.5. The highest BCUT2D eigenvalue weighted by atomic mass is 32.2. The molecule has 168 valence electrons. The number of aromatic nitrogens is 5. The number of aromatic amines is 1. The molecule has 2 aromatic heterocycles. The maximum absolute atomic E-state index is 12.2. The number of thioether (sulfide) groups is 1. The maximum Gasteiger partial charge on any atom is 0.248 e. The average Bonchev–Trinajstić information content (AvgIpc) is 3.45. The summed E-state index contributed by atoms with van der Waals surface area (Å²) < 4.78 is 1.96. The average molecular weight is 467 g/mol. The lowest BCUT2D eigenvalue weighted by atomic mass is 10.2. The third kappa shape index (κ3) is 4.92. The fraction of sp³-hybridized carbons (Fsp3) is 0.0769. The van der Waals surface area contributed by atoms with Gasteiger partial charge in [-0.05, 0) is 48.0 Å². The second-order valence-electron chi connectivity index (χ2n) is 7.67. The Bertz CT molecular complexity index is 1420. The van der Waals surface area contributed by atoms with E-state index in [1.807, 2.05) is 90.5 Å². The highest BCUT2D eigenvalue weighted by Crippen LogP contribution is 2.26. The molecule has 0 unspecified atom stereocenters. The first-order chi connectivity index (χ1) is 16.7. The molecule has 0 spiro atoms. The molecule has 0 fully saturated rings. The molecule has 8 heteroatoms. The molecule has 34 heavy (non-hydrogen) atoms. The smallest absolute Gasteiger partial charge is 0.248 e. The molecule has 0 atom stereocenters. The molecule has 3 aromatic carbocycles. The van der Waals surface area contributed by atoms with Crippen molar-refractivity contribution in [1.82, 2.24) is 24.7 Å². The van der Waals surface area contributed by atoms with E-state index in [0.717, 1.165) is 39.0 Å². The van der Waals surface area contributed by atoms with Crippen LogP contribution < -0.4 is 5.32 Å². The Balaban J connectivity index is 1.22. The highest BCUT2D eigenvalue weighted by molar-refractivity contribution is 7.98. The molecule has 0 radical (unpaired) electrons. The summed E-state index contributed by atoms with van der Waals surface area (Å²) in [5, 5.41) is 12.4. The summed E-state index contributed by atoms with van der Waals surface area (Å²) in [6.07, 6.45) is 3.31. The third-order valence-corrected chi connectivity index (χ3v) is 6.28. The molecule has 7 nitrogen and oxygen atoms in total. The fourth-order valence-corrected chi connectivity index (χ4v) is 4.30. The van der Waals surface area contributed by atoms with Crippen molar-refractivity contribution in [3.05, 3.63) is 96.3 Å². The normalized spacial score (nSPS) is 11.3. The van der Waals surface area contributed by atoms with Crippen molar-refractivity contribution >= 4 is 40.5 Å². The van der Waals surface area contributed by atoms with Gasteiger partial charge in [-0.3, -0.25) is 4.79 Å². The number of para-hydroxylation sites is 2. The van der Waals surface area contributed by atoms with Crippen molar-refractivity contribution in [3.63, 3.8) is 0 Å². The Morgan fingerprint density at radius 3 is 2.56 bits per heavy atom. The Kier molecular flexibility index (Phi) is 6.22. The first kappa shape index (κ1) is 21.7. The minimum atomic E-state index is -0.181. The molecule has 2 N–H and O–H groups in total. The number of carbonyl (C=O) groups is 1. The van der Waals surface area contributed by atoms with Gasteiger partial charge in [-0.25, -0.2) is 4.98 Å². The second-order valence-corrected chi connectivity index (χ2v) is 8.61. The largest absolute Gasteiger partial charge is 0.341 e. The van der Waals surface area contributed by atoms with Crippen LogP contribution in [0.2, 0.25) is 0 Å². The van der Waals surface area contributed by atoms with Crippen LogP contribution in [0.3, 0.4) is 0 Å². The number of anilines is 1. The lowest BCUT2D eigenvalue weighted by Crippen LogP contribution is -2.07. The molecule has 0 saturated heterocycles. The van der Waals surface area contributed by atoms with Gasteiger partial charge in [0, 0.05) is 24.4 Å². The summed E-state index contributed by atoms with van der Waals surface area (Å²) in [6, 6.07) is 25.3. The molecule has 5 rings (SSSR count). The van der Waals surface area contributed by atoms with Crippen molar-refractivity contribution < 1.29 is 4.79 Å². The lowest BCUT2D eigenvalue weighted by Gasteiger charge is -2.06. The number of carbonyl (C=O) groups excluding carboxylic acids is 1. The van der Waals surface area contributed by atoms with Crippen LogP contribution in [0, 0.1) is 0 Å². The van der Waals surface area contributed by atoms with E-state index in [2.05, 4.69) is 25.5 Å². The number of H-pyrrole nitrogens is 1. The Morgan fingerprint density at radius 2 is 1.76 bits per heavy atom. The van der Waals surface area contributed by atoms with E-state index in [-0.39, 0.29) is 5.91 Å². The summed E-state index contributed by atoms with van der Waals surface area (Å²) in [4.78, 5) is 20.2. The van der Waals surface area contributed by atoms with Gasteiger partial charge in [0.05, 0.1) is 16.8 Å². The molecule has 5 aromatic rings. The first-order valence-corrected chi connectivity index (χ1v) is 11.7. The quantitative estimate of drug-likeness (QED) is 0.251. The molecule has 0 saturated carbocycles. The van der Waals surface area contributed by atoms with Gasteiger partial charge in [0.1, 0.15) is 5.82 Å². The van der Waals surface area contributed by atoms with Crippen LogP contribution in [0.1, 0.15) is 11.4 Å². The van der Waals surface area contributed by atoms with Crippen LogP contribution >= 0.6 is 11.8 Å². The van der Waals surface area contributed by atoms with E-state index in [9.17, 15) is 4.79 Å². The topological polar surface area (TPSA) is 88.5 Å². The van der Waals surface area contributed by atoms with E-state index in [1.165, 1.54) is 6.08 Å². The Hall–Kier alpha value is -4.17. The molecule has 0 aliphatic heterocycles. The Morgan fingerprint density at radius 1 is 1.00 bits per heavy atom. The molecule has 2 heterocycles. The van der Waals surface area contributed by atoms with Crippen molar-refractivity contribution in [2.75, 3.05) is 5.32 Å². The van der Waals surface area contributed by atoms with E-state index in [4.69, 9.17) is 0 Å². The van der Waals surface area contributed by atoms with Gasteiger partial charge >= 0.3 is 0 Å². The number of hydrogen-bond donors (Lipinski definition) is 2. The van der Waals surface area contributed by atoms with E-state index >= 15 is 0 Å². The van der Waals surface area contributed by atoms with Gasteiger partial charge in [0.15, 0.2) is 11.0 Å². The lowest BCUT2D eigenvalue weighted by molar-refractivity contribution is -0.111. The van der Waals surface area contributed by atoms with Gasteiger partial charge in [-0.1, -0.05) is 54.2 Å². The van der Waals surface area contributed by atoms with E-state index in [1.54, 1.807) is 17.8 Å². The fourth-order valence-electron chi connectivity index (χ4n) is 3.52. The summed E-state index contributed by atoms with van der Waals surface area (Å²) >= 11 is 1.58. The first-order valence-electron chi connectivity index (χ1n) is 10.8. The summed E-state index contributed by atoms with van der Waals surface area (Å²) in [7, 11) is 1.94. The van der Waals surface area contributed by atoms with Crippen molar-refractivity contribution in [2.24, 2.45) is 7.05 Å². The standard InChI is InChI=1S/C26H22N6OS/c1-32-25(30-31-26(32)34-17-23-28-21-9-5-6-10-22(21)29-23)19-12-14-20(15-13-19)27-24(33)16-11-18-7-3-2-4-8-18/h2-16H,17H2,1H3,(H,27,33)(H,28,29)/b16-11+. The predicted molar refractivity (Wildman–Crippen MR) is 136 cm³/mol. The van der Waals surface area contributed by atoms with Crippen LogP contribution in [-0.4, -0.2) is 30.6 Å². The highest BCUT2D eigenvalue weighted by Gasteiger charge is 2.13. The van der Waals surface area contributed by atoms with E-state index in [0.29, 0.717) is 11.4 Å². The predicted octanol–water partition coefficient (Wildman–Crippen LogP) is 5.30. The summed E-state index contributed by atoms with van der Waals surface area (Å²) in [5.74, 6) is 2.15. The van der Waals surface area contributed by atoms with Gasteiger partial charge in [0.2, 0.25) is 5.91 Å². The number of nitrogens with zero attached hydrogens (tertiary/aromatic N) is 4. The zero-order chi connectivity index (χ0) is 23.3. The summed E-state index contributed by atoms with van der Waals surface area (Å²) in [6.45, 7) is 0. The van der Waals surface area contributed by atoms with Crippen LogP contribution in [-0.2, 0) is 17.6 Å². The SMILES string of the molecule is Cn1c(SCc2nc3ccccc3[nH]2)nnc1-c1ccc(NC(=O)/C=C/c2ccccc2)cc1. The Labute approximate surface area is 201 Å². The number of fused-ring (bicyclic) bond motifs is 1. The number of amides is 1. The van der Waals surface area contributed by atoms with Crippen LogP contribution in [0.15, 0.2) is 90.1 Å². The minimum absolute atomic E-state index is 0.181. The molecule has 0 aliphatic carbocycles. The monoisotopic (exact) mass is 466 g/mol. The van der Waals surface area contributed by atoms with Gasteiger partial charge in [0.25, 0.3) is 0 Å². The molecule has 1 amide bonds. The van der Waals surface area contributed by atoms with Gasteiger partial charge in [-0.15, -0.1) is 10.2 Å². The number of benzene rings is 3. The number of nitrogens with one attached hydrogen (secondary N) is 2. The van der Waals surface area contributed by atoms with E-state index < -0.39 is 0 Å². The maximum atomic E-state index is 12.2. The van der Waals surface area contributed by atoms with Crippen LogP contribution in [0.25, 0.3) is 28.5 Å².